The number of ether oxygens (including phenoxy) is 1. The highest BCUT2D eigenvalue weighted by atomic mass is 79.9. The number of methoxy groups -OCH3 is 1. The lowest BCUT2D eigenvalue weighted by Gasteiger charge is -2.43. The first-order chi connectivity index (χ1) is 21.6. The molecule has 2 aliphatic heterocycles. The second kappa shape index (κ2) is 13.1. The first-order valence-electron chi connectivity index (χ1n) is 15.8. The molecule has 238 valence electrons. The number of rotatable bonds is 8. The van der Waals surface area contributed by atoms with E-state index < -0.39 is 5.60 Å². The van der Waals surface area contributed by atoms with E-state index in [0.29, 0.717) is 22.3 Å². The quantitative estimate of drug-likeness (QED) is 0.190. The van der Waals surface area contributed by atoms with Crippen molar-refractivity contribution in [2.45, 2.75) is 45.3 Å². The highest BCUT2D eigenvalue weighted by molar-refractivity contribution is 9.10. The van der Waals surface area contributed by atoms with Gasteiger partial charge in [-0.1, -0.05) is 24.3 Å². The lowest BCUT2D eigenvalue weighted by atomic mass is 9.93. The molecule has 0 bridgehead atoms. The number of anilines is 5. The van der Waals surface area contributed by atoms with Crippen LogP contribution in [0.5, 0.6) is 5.75 Å². The maximum atomic E-state index is 11.0. The summed E-state index contributed by atoms with van der Waals surface area (Å²) in [6, 6.07) is 17.1. The smallest absolute Gasteiger partial charge is 0.229 e. The number of hydrogen-bond donors (Lipinski definition) is 3. The summed E-state index contributed by atoms with van der Waals surface area (Å²) < 4.78 is 6.57. The molecule has 2 saturated heterocycles. The van der Waals surface area contributed by atoms with Crippen molar-refractivity contribution < 1.29 is 9.84 Å². The molecule has 0 amide bonds. The topological polar surface area (TPSA) is 89.0 Å². The minimum atomic E-state index is -1.06. The van der Waals surface area contributed by atoms with Crippen LogP contribution in [0.25, 0.3) is 10.8 Å². The van der Waals surface area contributed by atoms with Crippen LogP contribution >= 0.6 is 15.9 Å². The van der Waals surface area contributed by atoms with E-state index in [2.05, 4.69) is 78.4 Å². The number of hydrogen-bond acceptors (Lipinski definition) is 9. The fraction of sp³-hybridized carbons (Fsp3) is 0.429. The fourth-order valence-corrected chi connectivity index (χ4v) is 6.85. The number of halogens is 1. The van der Waals surface area contributed by atoms with Crippen LogP contribution in [0, 0.1) is 6.92 Å². The van der Waals surface area contributed by atoms with E-state index >= 15 is 0 Å². The van der Waals surface area contributed by atoms with Gasteiger partial charge in [-0.15, -0.1) is 0 Å². The molecule has 4 aromatic rings. The van der Waals surface area contributed by atoms with E-state index in [1.165, 1.54) is 37.2 Å². The highest BCUT2D eigenvalue weighted by Gasteiger charge is 2.28. The van der Waals surface area contributed by atoms with Crippen molar-refractivity contribution in [1.82, 2.24) is 19.8 Å². The van der Waals surface area contributed by atoms with Crippen LogP contribution < -0.4 is 20.3 Å². The number of fused-ring (bicyclic) bond motifs is 1. The Balaban J connectivity index is 1.20. The van der Waals surface area contributed by atoms with Gasteiger partial charge in [0, 0.05) is 74.5 Å². The number of aromatic nitrogens is 2. The molecule has 0 spiro atoms. The number of piperazine rings is 1. The Morgan fingerprint density at radius 1 is 0.933 bits per heavy atom. The van der Waals surface area contributed by atoms with Crippen LogP contribution in [-0.4, -0.2) is 84.3 Å². The molecule has 3 aromatic carbocycles. The standard InChI is InChI=1S/C35H44BrN7O2/c1-23-18-30(32(45-5)21-31(23)43-12-10-26(11-13-43)42-16-14-41(4)15-17-42)39-34-37-22-28(36)33(40-34)38-29-20-25-9-7-6-8-24(25)19-27(29)35(2,3)44/h6-9,18-22,26,44H,10-17H2,1-5H3,(H2,37,38,39,40). The van der Waals surface area contributed by atoms with Gasteiger partial charge in [0.1, 0.15) is 11.6 Å². The van der Waals surface area contributed by atoms with Gasteiger partial charge in [-0.05, 0) is 91.1 Å². The molecule has 10 heteroatoms. The monoisotopic (exact) mass is 673 g/mol. The Bertz CT molecular complexity index is 1660. The summed E-state index contributed by atoms with van der Waals surface area (Å²) in [4.78, 5) is 16.9. The maximum absolute atomic E-state index is 11.0. The predicted octanol–water partition coefficient (Wildman–Crippen LogP) is 6.64. The average Bonchev–Trinajstić information content (AvgIpc) is 3.02. The third-order valence-corrected chi connectivity index (χ3v) is 9.75. The van der Waals surface area contributed by atoms with E-state index in [1.807, 2.05) is 30.3 Å². The van der Waals surface area contributed by atoms with Crippen LogP contribution in [-0.2, 0) is 5.60 Å². The summed E-state index contributed by atoms with van der Waals surface area (Å²) in [7, 11) is 3.92. The van der Waals surface area contributed by atoms with Gasteiger partial charge in [-0.3, -0.25) is 4.90 Å². The number of piperidine rings is 1. The zero-order chi connectivity index (χ0) is 31.7. The Morgan fingerprint density at radius 3 is 2.29 bits per heavy atom. The molecule has 0 atom stereocenters. The SMILES string of the molecule is COc1cc(N2CCC(N3CCN(C)CC3)CC2)c(C)cc1Nc1ncc(Br)c(Nc2cc3ccccc3cc2C(C)(C)O)n1. The summed E-state index contributed by atoms with van der Waals surface area (Å²) in [5.41, 5.74) is 3.70. The first-order valence-corrected chi connectivity index (χ1v) is 16.6. The van der Waals surface area contributed by atoms with Gasteiger partial charge >= 0.3 is 0 Å². The normalized spacial score (nSPS) is 17.1. The Morgan fingerprint density at radius 2 is 1.62 bits per heavy atom. The van der Waals surface area contributed by atoms with E-state index in [9.17, 15) is 5.11 Å². The Labute approximate surface area is 274 Å². The molecule has 0 saturated carbocycles. The molecule has 9 nitrogen and oxygen atoms in total. The van der Waals surface area contributed by atoms with Crippen LogP contribution in [0.2, 0.25) is 0 Å². The first kappa shape index (κ1) is 31.5. The molecule has 2 fully saturated rings. The zero-order valence-electron chi connectivity index (χ0n) is 26.9. The maximum Gasteiger partial charge on any atom is 0.229 e. The molecule has 0 aliphatic carbocycles. The second-order valence-corrected chi connectivity index (χ2v) is 13.7. The van der Waals surface area contributed by atoms with Gasteiger partial charge in [0.05, 0.1) is 22.9 Å². The number of benzene rings is 3. The van der Waals surface area contributed by atoms with Crippen molar-refractivity contribution in [2.24, 2.45) is 0 Å². The van der Waals surface area contributed by atoms with Gasteiger partial charge in [0.25, 0.3) is 0 Å². The van der Waals surface area contributed by atoms with Gasteiger partial charge < -0.3 is 30.3 Å². The Hall–Kier alpha value is -3.44. The van der Waals surface area contributed by atoms with Crippen molar-refractivity contribution >= 4 is 55.5 Å². The minimum Gasteiger partial charge on any atom is -0.494 e. The molecular formula is C35H44BrN7O2. The van der Waals surface area contributed by atoms with Crippen LogP contribution in [0.4, 0.5) is 28.8 Å². The summed E-state index contributed by atoms with van der Waals surface area (Å²) in [5, 5.41) is 20.0. The number of aryl methyl sites for hydroxylation is 1. The molecule has 45 heavy (non-hydrogen) atoms. The predicted molar refractivity (Wildman–Crippen MR) is 188 cm³/mol. The van der Waals surface area contributed by atoms with Crippen molar-refractivity contribution in [3.05, 3.63) is 70.3 Å². The largest absolute Gasteiger partial charge is 0.494 e. The van der Waals surface area contributed by atoms with E-state index in [1.54, 1.807) is 27.2 Å². The number of nitrogens with zero attached hydrogens (tertiary/aromatic N) is 5. The summed E-state index contributed by atoms with van der Waals surface area (Å²) in [6.07, 6.45) is 4.08. The molecule has 2 aliphatic rings. The van der Waals surface area contributed by atoms with Crippen molar-refractivity contribution in [3.8, 4) is 5.75 Å². The molecule has 6 rings (SSSR count). The summed E-state index contributed by atoms with van der Waals surface area (Å²) in [5.74, 6) is 1.77. The van der Waals surface area contributed by atoms with Crippen molar-refractivity contribution in [2.75, 3.05) is 69.0 Å². The fourth-order valence-electron chi connectivity index (χ4n) is 6.56. The molecule has 3 heterocycles. The lowest BCUT2D eigenvalue weighted by molar-refractivity contribution is 0.0795. The molecule has 0 unspecified atom stereocenters. The zero-order valence-corrected chi connectivity index (χ0v) is 28.5. The van der Waals surface area contributed by atoms with Gasteiger partial charge in [-0.2, -0.15) is 4.98 Å². The number of likely N-dealkylation sites (N-methyl/N-ethyl adjacent to an activating group) is 1. The second-order valence-electron chi connectivity index (χ2n) is 12.8. The van der Waals surface area contributed by atoms with Crippen LogP contribution in [0.3, 0.4) is 0 Å². The van der Waals surface area contributed by atoms with Crippen molar-refractivity contribution in [1.29, 1.82) is 0 Å². The van der Waals surface area contributed by atoms with Crippen molar-refractivity contribution in [3.63, 3.8) is 0 Å². The number of aliphatic hydroxyl groups is 1. The minimum absolute atomic E-state index is 0.435. The summed E-state index contributed by atoms with van der Waals surface area (Å²) in [6.45, 7) is 12.5. The molecular weight excluding hydrogens is 630 g/mol. The van der Waals surface area contributed by atoms with Crippen LogP contribution in [0.1, 0.15) is 37.8 Å². The Kier molecular flexibility index (Phi) is 9.19. The third-order valence-electron chi connectivity index (χ3n) is 9.17. The average molecular weight is 675 g/mol. The lowest BCUT2D eigenvalue weighted by Crippen LogP contribution is -2.52. The van der Waals surface area contributed by atoms with Crippen LogP contribution in [0.15, 0.2) is 59.2 Å². The molecule has 1 aromatic heterocycles. The van der Waals surface area contributed by atoms with E-state index in [4.69, 9.17) is 9.72 Å². The van der Waals surface area contributed by atoms with E-state index in [-0.39, 0.29) is 0 Å². The van der Waals surface area contributed by atoms with Gasteiger partial charge in [0.2, 0.25) is 5.95 Å². The molecule has 3 N–H and O–H groups in total. The summed E-state index contributed by atoms with van der Waals surface area (Å²) >= 11 is 3.61. The van der Waals surface area contributed by atoms with Gasteiger partial charge in [0.15, 0.2) is 0 Å². The van der Waals surface area contributed by atoms with Gasteiger partial charge in [-0.25, -0.2) is 4.98 Å². The third kappa shape index (κ3) is 7.04. The van der Waals surface area contributed by atoms with E-state index in [0.717, 1.165) is 59.6 Å². The number of nitrogens with one attached hydrogen (secondary N) is 2. The molecule has 0 radical (unpaired) electrons. The highest BCUT2D eigenvalue weighted by Crippen LogP contribution is 2.38.